The van der Waals surface area contributed by atoms with E-state index in [1.54, 1.807) is 5.56 Å². The number of fused-ring (bicyclic) bond motifs is 1. The minimum Gasteiger partial charge on any atom is -0.371 e. The molecule has 0 fully saturated rings. The summed E-state index contributed by atoms with van der Waals surface area (Å²) in [6.07, 6.45) is 3.65. The molecule has 0 aliphatic carbocycles. The van der Waals surface area contributed by atoms with Gasteiger partial charge in [0.15, 0.2) is 0 Å². The van der Waals surface area contributed by atoms with Crippen molar-refractivity contribution in [2.45, 2.75) is 26.2 Å². The van der Waals surface area contributed by atoms with Crippen LogP contribution in [0.2, 0.25) is 0 Å². The lowest BCUT2D eigenvalue weighted by Gasteiger charge is -2.16. The van der Waals surface area contributed by atoms with Gasteiger partial charge in [0, 0.05) is 18.8 Å². The maximum absolute atomic E-state index is 3.20. The number of hydrogen-bond donors (Lipinski definition) is 1. The highest BCUT2D eigenvalue weighted by molar-refractivity contribution is 5.59. The molecular formula is C14H22N2. The van der Waals surface area contributed by atoms with Crippen molar-refractivity contribution < 1.29 is 0 Å². The molecule has 1 aliphatic heterocycles. The summed E-state index contributed by atoms with van der Waals surface area (Å²) in [7, 11) is 2.02. The molecule has 0 amide bonds. The van der Waals surface area contributed by atoms with Gasteiger partial charge in [-0.3, -0.25) is 0 Å². The molecule has 0 spiro atoms. The molecule has 1 aromatic carbocycles. The number of rotatable bonds is 5. The maximum Gasteiger partial charge on any atom is 0.0399 e. The molecule has 1 aromatic rings. The topological polar surface area (TPSA) is 15.3 Å². The van der Waals surface area contributed by atoms with Crippen LogP contribution in [0, 0.1) is 0 Å². The summed E-state index contributed by atoms with van der Waals surface area (Å²) >= 11 is 0. The van der Waals surface area contributed by atoms with Crippen LogP contribution in [0.1, 0.15) is 24.5 Å². The lowest BCUT2D eigenvalue weighted by atomic mass is 10.0. The average molecular weight is 218 g/mol. The third-order valence-electron chi connectivity index (χ3n) is 3.41. The van der Waals surface area contributed by atoms with Crippen molar-refractivity contribution in [3.05, 3.63) is 29.3 Å². The first kappa shape index (κ1) is 11.5. The van der Waals surface area contributed by atoms with Gasteiger partial charge in [-0.25, -0.2) is 0 Å². The van der Waals surface area contributed by atoms with E-state index in [1.165, 1.54) is 37.1 Å². The van der Waals surface area contributed by atoms with E-state index in [2.05, 4.69) is 35.3 Å². The van der Waals surface area contributed by atoms with Crippen molar-refractivity contribution in [2.75, 3.05) is 31.6 Å². The highest BCUT2D eigenvalue weighted by Crippen LogP contribution is 2.28. The minimum atomic E-state index is 1.11. The van der Waals surface area contributed by atoms with Gasteiger partial charge in [0.05, 0.1) is 0 Å². The molecule has 0 saturated carbocycles. The summed E-state index contributed by atoms with van der Waals surface area (Å²) in [5, 5.41) is 3.20. The van der Waals surface area contributed by atoms with Crippen molar-refractivity contribution in [1.82, 2.24) is 5.32 Å². The lowest BCUT2D eigenvalue weighted by molar-refractivity contribution is 0.724. The summed E-state index contributed by atoms with van der Waals surface area (Å²) < 4.78 is 0. The molecule has 2 heteroatoms. The van der Waals surface area contributed by atoms with Crippen molar-refractivity contribution in [1.29, 1.82) is 0 Å². The van der Waals surface area contributed by atoms with E-state index in [0.29, 0.717) is 0 Å². The van der Waals surface area contributed by atoms with E-state index in [1.807, 2.05) is 7.05 Å². The van der Waals surface area contributed by atoms with Crippen molar-refractivity contribution in [3.8, 4) is 0 Å². The van der Waals surface area contributed by atoms with Gasteiger partial charge >= 0.3 is 0 Å². The van der Waals surface area contributed by atoms with Crippen LogP contribution in [0.3, 0.4) is 0 Å². The number of nitrogens with one attached hydrogen (secondary N) is 1. The SMILES string of the molecule is CCN1CCc2cc(CCCNC)ccc21. The molecule has 2 rings (SSSR count). The fourth-order valence-electron chi connectivity index (χ4n) is 2.48. The zero-order valence-electron chi connectivity index (χ0n) is 10.4. The lowest BCUT2D eigenvalue weighted by Crippen LogP contribution is -2.19. The van der Waals surface area contributed by atoms with Crippen molar-refractivity contribution in [2.24, 2.45) is 0 Å². The second-order valence-corrected chi connectivity index (χ2v) is 4.50. The highest BCUT2D eigenvalue weighted by atomic mass is 15.1. The van der Waals surface area contributed by atoms with Crippen LogP contribution in [0.25, 0.3) is 0 Å². The second-order valence-electron chi connectivity index (χ2n) is 4.50. The molecule has 0 bridgehead atoms. The first-order valence-corrected chi connectivity index (χ1v) is 6.36. The molecule has 88 valence electrons. The molecule has 1 heterocycles. The van der Waals surface area contributed by atoms with Crippen LogP contribution in [0.15, 0.2) is 18.2 Å². The van der Waals surface area contributed by atoms with Gasteiger partial charge in [0.1, 0.15) is 0 Å². The number of benzene rings is 1. The van der Waals surface area contributed by atoms with Gasteiger partial charge in [-0.15, -0.1) is 0 Å². The van der Waals surface area contributed by atoms with Crippen molar-refractivity contribution >= 4 is 5.69 Å². The molecule has 1 aliphatic rings. The quantitative estimate of drug-likeness (QED) is 0.762. The fourth-order valence-corrected chi connectivity index (χ4v) is 2.48. The Morgan fingerprint density at radius 1 is 1.38 bits per heavy atom. The average Bonchev–Trinajstić information content (AvgIpc) is 2.71. The maximum atomic E-state index is 3.20. The largest absolute Gasteiger partial charge is 0.371 e. The molecule has 0 radical (unpaired) electrons. The summed E-state index contributed by atoms with van der Waals surface area (Å²) in [5.74, 6) is 0. The molecule has 16 heavy (non-hydrogen) atoms. The number of aryl methyl sites for hydroxylation is 1. The molecule has 0 atom stereocenters. The Kier molecular flexibility index (Phi) is 3.83. The van der Waals surface area contributed by atoms with Gasteiger partial charge in [0.2, 0.25) is 0 Å². The monoisotopic (exact) mass is 218 g/mol. The molecule has 1 N–H and O–H groups in total. The van der Waals surface area contributed by atoms with Crippen molar-refractivity contribution in [3.63, 3.8) is 0 Å². The summed E-state index contributed by atoms with van der Waals surface area (Å²) in [5.41, 5.74) is 4.50. The third kappa shape index (κ3) is 2.38. The Morgan fingerprint density at radius 2 is 2.25 bits per heavy atom. The van der Waals surface area contributed by atoms with Crippen LogP contribution in [0.4, 0.5) is 5.69 Å². The Morgan fingerprint density at radius 3 is 3.00 bits per heavy atom. The minimum absolute atomic E-state index is 1.11. The first-order valence-electron chi connectivity index (χ1n) is 6.36. The smallest absolute Gasteiger partial charge is 0.0399 e. The van der Waals surface area contributed by atoms with E-state index in [9.17, 15) is 0 Å². The van der Waals surface area contributed by atoms with E-state index in [4.69, 9.17) is 0 Å². The molecule has 2 nitrogen and oxygen atoms in total. The summed E-state index contributed by atoms with van der Waals surface area (Å²) in [4.78, 5) is 2.46. The Labute approximate surface area is 98.7 Å². The number of nitrogens with zero attached hydrogens (tertiary/aromatic N) is 1. The first-order chi connectivity index (χ1) is 7.85. The Hall–Kier alpha value is -1.02. The van der Waals surface area contributed by atoms with Crippen LogP contribution >= 0.6 is 0 Å². The van der Waals surface area contributed by atoms with Gasteiger partial charge in [0.25, 0.3) is 0 Å². The summed E-state index contributed by atoms with van der Waals surface area (Å²) in [6, 6.07) is 7.00. The van der Waals surface area contributed by atoms with Gasteiger partial charge < -0.3 is 10.2 Å². The normalized spacial score (nSPS) is 14.2. The highest BCUT2D eigenvalue weighted by Gasteiger charge is 2.17. The van der Waals surface area contributed by atoms with E-state index in [-0.39, 0.29) is 0 Å². The zero-order valence-corrected chi connectivity index (χ0v) is 10.4. The van der Waals surface area contributed by atoms with Crippen LogP contribution in [-0.4, -0.2) is 26.7 Å². The molecule has 0 saturated heterocycles. The third-order valence-corrected chi connectivity index (χ3v) is 3.41. The van der Waals surface area contributed by atoms with Gasteiger partial charge in [-0.2, -0.15) is 0 Å². The number of hydrogen-bond acceptors (Lipinski definition) is 2. The molecule has 0 aromatic heterocycles. The Bertz CT molecular complexity index is 347. The van der Waals surface area contributed by atoms with Crippen LogP contribution in [0.5, 0.6) is 0 Å². The van der Waals surface area contributed by atoms with Crippen LogP contribution < -0.4 is 10.2 Å². The second kappa shape index (κ2) is 5.35. The van der Waals surface area contributed by atoms with Gasteiger partial charge in [-0.05, 0) is 57.0 Å². The predicted octanol–water partition coefficient (Wildman–Crippen LogP) is 2.22. The number of anilines is 1. The standard InChI is InChI=1S/C14H22N2/c1-3-16-10-8-13-11-12(5-4-9-15-2)6-7-14(13)16/h6-7,11,15H,3-5,8-10H2,1-2H3. The van der Waals surface area contributed by atoms with Crippen LogP contribution in [-0.2, 0) is 12.8 Å². The van der Waals surface area contributed by atoms with Gasteiger partial charge in [-0.1, -0.05) is 12.1 Å². The molecule has 0 unspecified atom stereocenters. The Balaban J connectivity index is 2.03. The fraction of sp³-hybridized carbons (Fsp3) is 0.571. The number of likely N-dealkylation sites (N-methyl/N-ethyl adjacent to an activating group) is 1. The summed E-state index contributed by atoms with van der Waals surface area (Å²) in [6.45, 7) is 5.67. The van der Waals surface area contributed by atoms with E-state index < -0.39 is 0 Å². The van der Waals surface area contributed by atoms with E-state index >= 15 is 0 Å². The predicted molar refractivity (Wildman–Crippen MR) is 70.3 cm³/mol. The van der Waals surface area contributed by atoms with E-state index in [0.717, 1.165) is 13.1 Å². The molecular weight excluding hydrogens is 196 g/mol. The zero-order chi connectivity index (χ0) is 11.4.